The molecule has 3 unspecified atom stereocenters. The molecule has 0 aliphatic rings. The van der Waals surface area contributed by atoms with Gasteiger partial charge < -0.3 is 29.5 Å². The zero-order chi connectivity index (χ0) is 16.7. The SMILES string of the molecule is C=CC(=O)O.CCOCC(O)COC(C)COC(C)CO. The van der Waals surface area contributed by atoms with Crippen LogP contribution in [0.2, 0.25) is 0 Å². The second-order valence-corrected chi connectivity index (χ2v) is 4.33. The Kier molecular flexibility index (Phi) is 16.3. The van der Waals surface area contributed by atoms with E-state index < -0.39 is 12.1 Å². The molecule has 0 amide bonds. The van der Waals surface area contributed by atoms with Crippen molar-refractivity contribution in [2.45, 2.75) is 39.1 Å². The maximum absolute atomic E-state index is 9.42. The molecule has 0 aliphatic carbocycles. The van der Waals surface area contributed by atoms with Crippen LogP contribution < -0.4 is 0 Å². The summed E-state index contributed by atoms with van der Waals surface area (Å²) in [5, 5.41) is 25.8. The summed E-state index contributed by atoms with van der Waals surface area (Å²) in [6, 6.07) is 0. The highest BCUT2D eigenvalue weighted by molar-refractivity contribution is 5.78. The minimum atomic E-state index is -0.981. The lowest BCUT2D eigenvalue weighted by atomic mass is 10.3. The predicted octanol–water partition coefficient (Wildman–Crippen LogP) is 0.443. The number of hydrogen-bond acceptors (Lipinski definition) is 6. The number of aliphatic hydroxyl groups excluding tert-OH is 2. The highest BCUT2D eigenvalue weighted by Crippen LogP contribution is 1.98. The second-order valence-electron chi connectivity index (χ2n) is 4.33. The van der Waals surface area contributed by atoms with Crippen LogP contribution in [0.5, 0.6) is 0 Å². The first kappa shape index (κ1) is 22.3. The number of carboxylic acids is 1. The van der Waals surface area contributed by atoms with Crippen molar-refractivity contribution in [1.82, 2.24) is 0 Å². The van der Waals surface area contributed by atoms with Gasteiger partial charge in [0.1, 0.15) is 6.10 Å². The topological polar surface area (TPSA) is 105 Å². The molecule has 3 atom stereocenters. The van der Waals surface area contributed by atoms with Gasteiger partial charge in [-0.15, -0.1) is 0 Å². The van der Waals surface area contributed by atoms with Gasteiger partial charge >= 0.3 is 5.97 Å². The Labute approximate surface area is 126 Å². The van der Waals surface area contributed by atoms with Crippen molar-refractivity contribution in [2.75, 3.05) is 33.0 Å². The van der Waals surface area contributed by atoms with E-state index in [0.717, 1.165) is 6.08 Å². The van der Waals surface area contributed by atoms with E-state index in [4.69, 9.17) is 24.4 Å². The third kappa shape index (κ3) is 19.0. The molecule has 0 aromatic heterocycles. The van der Waals surface area contributed by atoms with Crippen molar-refractivity contribution in [3.63, 3.8) is 0 Å². The van der Waals surface area contributed by atoms with Gasteiger partial charge in [-0.2, -0.15) is 0 Å². The monoisotopic (exact) mass is 308 g/mol. The first-order valence-electron chi connectivity index (χ1n) is 6.82. The zero-order valence-electron chi connectivity index (χ0n) is 13.0. The fraction of sp³-hybridized carbons (Fsp3) is 0.786. The van der Waals surface area contributed by atoms with Crippen LogP contribution in [0.3, 0.4) is 0 Å². The van der Waals surface area contributed by atoms with Crippen LogP contribution in [-0.2, 0) is 19.0 Å². The van der Waals surface area contributed by atoms with E-state index in [-0.39, 0.29) is 32.0 Å². The summed E-state index contributed by atoms with van der Waals surface area (Å²) in [7, 11) is 0. The van der Waals surface area contributed by atoms with Crippen LogP contribution >= 0.6 is 0 Å². The Morgan fingerprint density at radius 2 is 1.71 bits per heavy atom. The molecule has 0 saturated carbocycles. The molecule has 0 heterocycles. The normalized spacial score (nSPS) is 14.5. The minimum Gasteiger partial charge on any atom is -0.478 e. The lowest BCUT2D eigenvalue weighted by Crippen LogP contribution is -2.28. The summed E-state index contributed by atoms with van der Waals surface area (Å²) in [6.45, 7) is 10.00. The summed E-state index contributed by atoms with van der Waals surface area (Å²) in [6.07, 6.45) is -0.0534. The van der Waals surface area contributed by atoms with E-state index >= 15 is 0 Å². The molecule has 0 bridgehead atoms. The number of carbonyl (C=O) groups is 1. The third-order valence-electron chi connectivity index (χ3n) is 2.13. The van der Waals surface area contributed by atoms with Gasteiger partial charge in [0, 0.05) is 12.7 Å². The molecule has 7 nitrogen and oxygen atoms in total. The van der Waals surface area contributed by atoms with Gasteiger partial charge in [-0.3, -0.25) is 0 Å². The largest absolute Gasteiger partial charge is 0.478 e. The fourth-order valence-corrected chi connectivity index (χ4v) is 0.978. The van der Waals surface area contributed by atoms with Gasteiger partial charge in [0.05, 0.1) is 38.6 Å². The average Bonchev–Trinajstić information content (AvgIpc) is 2.48. The van der Waals surface area contributed by atoms with Crippen LogP contribution in [-0.4, -0.2) is 72.6 Å². The molecule has 7 heteroatoms. The number of ether oxygens (including phenoxy) is 3. The van der Waals surface area contributed by atoms with Crippen molar-refractivity contribution in [3.05, 3.63) is 12.7 Å². The molecule has 3 N–H and O–H groups in total. The molecule has 126 valence electrons. The van der Waals surface area contributed by atoms with E-state index in [9.17, 15) is 9.90 Å². The standard InChI is InChI=1S/C11H24O5.C3H4O2/c1-4-14-7-11(13)8-16-10(3)6-15-9(2)5-12;1-2-3(4)5/h9-13H,4-8H2,1-3H3;2H,1H2,(H,4,5). The molecule has 0 fully saturated rings. The van der Waals surface area contributed by atoms with Gasteiger partial charge in [0.25, 0.3) is 0 Å². The lowest BCUT2D eigenvalue weighted by Gasteiger charge is -2.18. The molecule has 0 radical (unpaired) electrons. The lowest BCUT2D eigenvalue weighted by molar-refractivity contribution is -0.131. The van der Waals surface area contributed by atoms with E-state index in [1.165, 1.54) is 0 Å². The average molecular weight is 308 g/mol. The Bertz CT molecular complexity index is 258. The molecule has 0 aromatic carbocycles. The first-order chi connectivity index (χ1) is 9.87. The highest BCUT2D eigenvalue weighted by atomic mass is 16.5. The molecule has 21 heavy (non-hydrogen) atoms. The van der Waals surface area contributed by atoms with Gasteiger partial charge in [-0.25, -0.2) is 4.79 Å². The number of aliphatic hydroxyl groups is 2. The summed E-state index contributed by atoms with van der Waals surface area (Å²) >= 11 is 0. The Morgan fingerprint density at radius 1 is 1.19 bits per heavy atom. The van der Waals surface area contributed by atoms with Gasteiger partial charge in [0.15, 0.2) is 0 Å². The van der Waals surface area contributed by atoms with Crippen molar-refractivity contribution in [1.29, 1.82) is 0 Å². The summed E-state index contributed by atoms with van der Waals surface area (Å²) in [4.78, 5) is 9.25. The zero-order valence-corrected chi connectivity index (χ0v) is 13.0. The van der Waals surface area contributed by atoms with E-state index in [2.05, 4.69) is 6.58 Å². The smallest absolute Gasteiger partial charge is 0.327 e. The number of rotatable bonds is 11. The quantitative estimate of drug-likeness (QED) is 0.476. The highest BCUT2D eigenvalue weighted by Gasteiger charge is 2.09. The van der Waals surface area contributed by atoms with E-state index in [1.54, 1.807) is 6.92 Å². The Hall–Kier alpha value is -0.990. The molecular formula is C14H28O7. The molecule has 0 saturated heterocycles. The van der Waals surface area contributed by atoms with Crippen molar-refractivity contribution in [2.24, 2.45) is 0 Å². The molecule has 0 spiro atoms. The Balaban J connectivity index is 0. The third-order valence-corrected chi connectivity index (χ3v) is 2.13. The molecular weight excluding hydrogens is 280 g/mol. The predicted molar refractivity (Wildman–Crippen MR) is 78.2 cm³/mol. The summed E-state index contributed by atoms with van der Waals surface area (Å²) < 4.78 is 15.7. The van der Waals surface area contributed by atoms with Crippen molar-refractivity contribution < 1.29 is 34.3 Å². The van der Waals surface area contributed by atoms with Crippen LogP contribution in [0.1, 0.15) is 20.8 Å². The van der Waals surface area contributed by atoms with Gasteiger partial charge in [0.2, 0.25) is 0 Å². The molecule has 0 rings (SSSR count). The van der Waals surface area contributed by atoms with E-state index in [0.29, 0.717) is 13.2 Å². The molecule has 0 aromatic rings. The number of aliphatic carboxylic acids is 1. The summed E-state index contributed by atoms with van der Waals surface area (Å²) in [5.41, 5.74) is 0. The van der Waals surface area contributed by atoms with E-state index in [1.807, 2.05) is 13.8 Å². The van der Waals surface area contributed by atoms with Crippen molar-refractivity contribution >= 4 is 5.97 Å². The molecule has 0 aliphatic heterocycles. The maximum Gasteiger partial charge on any atom is 0.327 e. The maximum atomic E-state index is 9.42. The van der Waals surface area contributed by atoms with Gasteiger partial charge in [-0.1, -0.05) is 6.58 Å². The van der Waals surface area contributed by atoms with Gasteiger partial charge in [-0.05, 0) is 20.8 Å². The summed E-state index contributed by atoms with van der Waals surface area (Å²) in [5.74, 6) is -0.981. The minimum absolute atomic E-state index is 0.000312. The number of hydrogen-bond donors (Lipinski definition) is 3. The van der Waals surface area contributed by atoms with Crippen LogP contribution in [0.15, 0.2) is 12.7 Å². The van der Waals surface area contributed by atoms with Crippen LogP contribution in [0.4, 0.5) is 0 Å². The number of carboxylic acid groups (broad SMARTS) is 1. The van der Waals surface area contributed by atoms with Crippen molar-refractivity contribution in [3.8, 4) is 0 Å². The van der Waals surface area contributed by atoms with Crippen LogP contribution in [0.25, 0.3) is 0 Å². The first-order valence-corrected chi connectivity index (χ1v) is 6.82. The van der Waals surface area contributed by atoms with Crippen LogP contribution in [0, 0.1) is 0 Å². The Morgan fingerprint density at radius 3 is 2.14 bits per heavy atom. The second kappa shape index (κ2) is 15.4. The fourth-order valence-electron chi connectivity index (χ4n) is 0.978.